The molecule has 2 heteroatoms. The molecule has 0 spiro atoms. The third-order valence-electron chi connectivity index (χ3n) is 5.49. The van der Waals surface area contributed by atoms with Crippen molar-refractivity contribution < 1.29 is 0 Å². The second kappa shape index (κ2) is 10.4. The molecule has 0 nitrogen and oxygen atoms in total. The van der Waals surface area contributed by atoms with Crippen molar-refractivity contribution in [1.82, 2.24) is 0 Å². The van der Waals surface area contributed by atoms with Crippen LogP contribution in [0.25, 0.3) is 0 Å². The van der Waals surface area contributed by atoms with Crippen molar-refractivity contribution in [2.75, 3.05) is 0 Å². The van der Waals surface area contributed by atoms with E-state index < -0.39 is 8.80 Å². The highest BCUT2D eigenvalue weighted by molar-refractivity contribution is 6.93. The first-order valence-electron chi connectivity index (χ1n) is 10.4. The van der Waals surface area contributed by atoms with Gasteiger partial charge in [0.25, 0.3) is 0 Å². The minimum Gasteiger partial charge on any atom is -0.0669 e. The lowest BCUT2D eigenvalue weighted by Gasteiger charge is -2.27. The first kappa shape index (κ1) is 19.8. The first-order valence-corrected chi connectivity index (χ1v) is 13.7. The zero-order valence-electron chi connectivity index (χ0n) is 16.7. The predicted molar refractivity (Wildman–Crippen MR) is 126 cm³/mol. The van der Waals surface area contributed by atoms with E-state index in [2.05, 4.69) is 105 Å². The topological polar surface area (TPSA) is 0 Å². The Hall–Kier alpha value is -1.91. The molecule has 3 aromatic rings. The summed E-state index contributed by atoms with van der Waals surface area (Å²) >= 11 is 0. The van der Waals surface area contributed by atoms with E-state index in [0.29, 0.717) is 0 Å². The molecule has 0 aliphatic carbocycles. The summed E-state index contributed by atoms with van der Waals surface area (Å²) in [5.74, 6) is 0.803. The van der Waals surface area contributed by atoms with Crippen LogP contribution in [0.15, 0.2) is 91.0 Å². The fourth-order valence-electron chi connectivity index (χ4n) is 4.15. The summed E-state index contributed by atoms with van der Waals surface area (Å²) in [6.07, 6.45) is 4.11. The van der Waals surface area contributed by atoms with Crippen LogP contribution in [0.1, 0.15) is 33.1 Å². The van der Waals surface area contributed by atoms with Gasteiger partial charge in [-0.3, -0.25) is 0 Å². The van der Waals surface area contributed by atoms with Crippen molar-refractivity contribution in [3.05, 3.63) is 91.0 Å². The van der Waals surface area contributed by atoms with Gasteiger partial charge in [-0.2, -0.15) is 0 Å². The van der Waals surface area contributed by atoms with Gasteiger partial charge in [0, 0.05) is 0 Å². The van der Waals surface area contributed by atoms with Gasteiger partial charge in [0.05, 0.1) is 9.52 Å². The molecule has 0 N–H and O–H groups in total. The lowest BCUT2D eigenvalue weighted by atomic mass is 10.1. The van der Waals surface area contributed by atoms with Gasteiger partial charge >= 0.3 is 0 Å². The van der Waals surface area contributed by atoms with Gasteiger partial charge in [-0.1, -0.05) is 140 Å². The molecule has 0 heterocycles. The predicted octanol–water partition coefficient (Wildman–Crippen LogP) is 3.68. The third kappa shape index (κ3) is 6.05. The SMILES string of the molecule is CC(C)CCC[C@H]([SiH2]c1ccccc1)[SiH](c1ccccc1)c1ccccc1. The Labute approximate surface area is 169 Å². The molecule has 0 bridgehead atoms. The Morgan fingerprint density at radius 3 is 1.63 bits per heavy atom. The zero-order valence-corrected chi connectivity index (χ0v) is 19.3. The summed E-state index contributed by atoms with van der Waals surface area (Å²) in [5.41, 5.74) is 0. The molecule has 27 heavy (non-hydrogen) atoms. The van der Waals surface area contributed by atoms with Crippen LogP contribution in [-0.4, -0.2) is 18.3 Å². The maximum absolute atomic E-state index is 2.39. The average Bonchev–Trinajstić information content (AvgIpc) is 2.70. The van der Waals surface area contributed by atoms with Gasteiger partial charge in [0.2, 0.25) is 0 Å². The summed E-state index contributed by atoms with van der Waals surface area (Å²) < 4.78 is 0. The Bertz CT molecular complexity index is 730. The minimum absolute atomic E-state index is 0.316. The fourth-order valence-corrected chi connectivity index (χ4v) is 12.5. The van der Waals surface area contributed by atoms with E-state index in [-0.39, 0.29) is 9.52 Å². The molecule has 0 saturated heterocycles. The van der Waals surface area contributed by atoms with Crippen LogP contribution in [0.5, 0.6) is 0 Å². The van der Waals surface area contributed by atoms with Gasteiger partial charge in [-0.25, -0.2) is 0 Å². The maximum Gasteiger partial charge on any atom is 0.103 e. The van der Waals surface area contributed by atoms with Crippen LogP contribution in [0.3, 0.4) is 0 Å². The highest BCUT2D eigenvalue weighted by Gasteiger charge is 2.27. The van der Waals surface area contributed by atoms with Crippen molar-refractivity contribution in [2.24, 2.45) is 5.92 Å². The molecule has 0 aliphatic rings. The molecule has 0 aromatic heterocycles. The van der Waals surface area contributed by atoms with Crippen LogP contribution < -0.4 is 15.6 Å². The minimum atomic E-state index is -1.24. The molecular formula is C25H32Si2. The van der Waals surface area contributed by atoms with E-state index in [4.69, 9.17) is 0 Å². The smallest absolute Gasteiger partial charge is 0.0669 e. The van der Waals surface area contributed by atoms with Gasteiger partial charge in [-0.15, -0.1) is 0 Å². The Balaban J connectivity index is 1.93. The molecule has 0 fully saturated rings. The molecule has 0 saturated carbocycles. The highest BCUT2D eigenvalue weighted by atomic mass is 28.3. The summed E-state index contributed by atoms with van der Waals surface area (Å²) in [6.45, 7) is 4.71. The normalized spacial score (nSPS) is 12.9. The number of hydrogen-bond donors (Lipinski definition) is 0. The Morgan fingerprint density at radius 1 is 0.667 bits per heavy atom. The molecular weight excluding hydrogens is 356 g/mol. The van der Waals surface area contributed by atoms with Crippen molar-refractivity contribution in [1.29, 1.82) is 0 Å². The highest BCUT2D eigenvalue weighted by Crippen LogP contribution is 2.20. The van der Waals surface area contributed by atoms with Gasteiger partial charge < -0.3 is 0 Å². The first-order chi connectivity index (χ1) is 13.2. The fraction of sp³-hybridized carbons (Fsp3) is 0.280. The standard InChI is InChI=1S/C25H32Si2/c1-21(2)13-12-20-25(26-22-14-6-3-7-15-22)27(23-16-8-4-9-17-23)24-18-10-5-11-19-24/h3-11,14-19,21,25,27H,12-13,20,26H2,1-2H3/t25-/m1/s1. The molecule has 0 aliphatic heterocycles. The summed E-state index contributed by atoms with van der Waals surface area (Å²) in [4.78, 5) is 0. The zero-order chi connectivity index (χ0) is 18.9. The van der Waals surface area contributed by atoms with Crippen molar-refractivity contribution >= 4 is 33.9 Å². The van der Waals surface area contributed by atoms with Crippen LogP contribution >= 0.6 is 0 Å². The molecule has 1 atom stereocenters. The van der Waals surface area contributed by atoms with E-state index in [1.54, 1.807) is 15.6 Å². The van der Waals surface area contributed by atoms with Gasteiger partial charge in [0.15, 0.2) is 0 Å². The second-order valence-electron chi connectivity index (χ2n) is 8.07. The summed E-state index contributed by atoms with van der Waals surface area (Å²) in [6, 6.07) is 34.1. The summed E-state index contributed by atoms with van der Waals surface area (Å²) in [5, 5.41) is 5.73. The van der Waals surface area contributed by atoms with E-state index in [0.717, 1.165) is 11.1 Å². The lowest BCUT2D eigenvalue weighted by molar-refractivity contribution is 0.544. The molecule has 3 rings (SSSR count). The van der Waals surface area contributed by atoms with Crippen molar-refractivity contribution in [2.45, 2.75) is 38.3 Å². The van der Waals surface area contributed by atoms with Crippen LogP contribution in [-0.2, 0) is 0 Å². The monoisotopic (exact) mass is 388 g/mol. The number of rotatable bonds is 9. The van der Waals surface area contributed by atoms with Crippen molar-refractivity contribution in [3.63, 3.8) is 0 Å². The lowest BCUT2D eigenvalue weighted by Crippen LogP contribution is -2.49. The van der Waals surface area contributed by atoms with Crippen LogP contribution in [0.2, 0.25) is 5.16 Å². The van der Waals surface area contributed by atoms with Crippen LogP contribution in [0.4, 0.5) is 0 Å². The largest absolute Gasteiger partial charge is 0.103 e. The van der Waals surface area contributed by atoms with Crippen molar-refractivity contribution in [3.8, 4) is 0 Å². The third-order valence-corrected chi connectivity index (χ3v) is 13.0. The van der Waals surface area contributed by atoms with Crippen LogP contribution in [0, 0.1) is 5.92 Å². The molecule has 0 radical (unpaired) electrons. The summed E-state index contributed by atoms with van der Waals surface area (Å²) in [7, 11) is -1.55. The maximum atomic E-state index is 2.39. The number of hydrogen-bond acceptors (Lipinski definition) is 0. The van der Waals surface area contributed by atoms with E-state index in [1.165, 1.54) is 19.3 Å². The Morgan fingerprint density at radius 2 is 1.15 bits per heavy atom. The quantitative estimate of drug-likeness (QED) is 0.491. The average molecular weight is 389 g/mol. The van der Waals surface area contributed by atoms with E-state index in [1.807, 2.05) is 0 Å². The second-order valence-corrected chi connectivity index (χ2v) is 14.5. The van der Waals surface area contributed by atoms with Gasteiger partial charge in [0.1, 0.15) is 8.80 Å². The molecule has 140 valence electrons. The Kier molecular flexibility index (Phi) is 7.67. The van der Waals surface area contributed by atoms with E-state index >= 15 is 0 Å². The number of benzene rings is 3. The molecule has 0 unspecified atom stereocenters. The molecule has 3 aromatic carbocycles. The van der Waals surface area contributed by atoms with Gasteiger partial charge in [-0.05, 0) is 11.1 Å². The molecule has 0 amide bonds. The van der Waals surface area contributed by atoms with E-state index in [9.17, 15) is 0 Å².